The standard InChI is InChI=1S/C19H22N4OS2/c1-3-14-11-16-18(20-13(2)21-19(16)26-14)23-8-6-22(7-9-23)17(24)12-15-5-4-10-25-15/h4-5,10-11H,3,6-9,12H2,1-2H3. The van der Waals surface area contributed by atoms with Gasteiger partial charge in [-0.1, -0.05) is 13.0 Å². The molecule has 4 rings (SSSR count). The number of rotatable bonds is 4. The van der Waals surface area contributed by atoms with Crippen molar-refractivity contribution < 1.29 is 4.79 Å². The summed E-state index contributed by atoms with van der Waals surface area (Å²) in [7, 11) is 0. The first-order valence-electron chi connectivity index (χ1n) is 8.96. The number of thiophene rings is 2. The zero-order chi connectivity index (χ0) is 18.1. The summed E-state index contributed by atoms with van der Waals surface area (Å²) in [6.07, 6.45) is 1.53. The maximum atomic E-state index is 12.5. The molecule has 0 unspecified atom stereocenters. The van der Waals surface area contributed by atoms with Gasteiger partial charge in [-0.3, -0.25) is 4.79 Å². The fourth-order valence-corrected chi connectivity index (χ4v) is 5.02. The quantitative estimate of drug-likeness (QED) is 0.688. The van der Waals surface area contributed by atoms with E-state index in [0.717, 1.165) is 59.3 Å². The number of fused-ring (bicyclic) bond motifs is 1. The molecule has 1 saturated heterocycles. The number of aromatic nitrogens is 2. The van der Waals surface area contributed by atoms with E-state index in [9.17, 15) is 4.79 Å². The second-order valence-electron chi connectivity index (χ2n) is 6.50. The summed E-state index contributed by atoms with van der Waals surface area (Å²) < 4.78 is 0. The molecule has 0 aromatic carbocycles. The molecule has 1 aliphatic heterocycles. The first kappa shape index (κ1) is 17.4. The molecular formula is C19H22N4OS2. The van der Waals surface area contributed by atoms with Crippen molar-refractivity contribution in [2.24, 2.45) is 0 Å². The van der Waals surface area contributed by atoms with Gasteiger partial charge in [0.2, 0.25) is 5.91 Å². The van der Waals surface area contributed by atoms with Crippen LogP contribution in [0.25, 0.3) is 10.2 Å². The van der Waals surface area contributed by atoms with E-state index in [2.05, 4.69) is 22.9 Å². The smallest absolute Gasteiger partial charge is 0.227 e. The number of nitrogens with zero attached hydrogens (tertiary/aromatic N) is 4. The third kappa shape index (κ3) is 3.46. The SMILES string of the molecule is CCc1cc2c(N3CCN(C(=O)Cc4cccs4)CC3)nc(C)nc2s1. The van der Waals surface area contributed by atoms with Crippen LogP contribution in [0.2, 0.25) is 0 Å². The molecule has 0 atom stereocenters. The summed E-state index contributed by atoms with van der Waals surface area (Å²) in [5.74, 6) is 2.06. The zero-order valence-electron chi connectivity index (χ0n) is 15.1. The molecule has 0 aliphatic carbocycles. The maximum absolute atomic E-state index is 12.5. The van der Waals surface area contributed by atoms with Crippen LogP contribution in [0.3, 0.4) is 0 Å². The van der Waals surface area contributed by atoms with E-state index in [1.54, 1.807) is 22.7 Å². The summed E-state index contributed by atoms with van der Waals surface area (Å²) >= 11 is 3.40. The van der Waals surface area contributed by atoms with Gasteiger partial charge in [0.25, 0.3) is 0 Å². The minimum atomic E-state index is 0.222. The highest BCUT2D eigenvalue weighted by atomic mass is 32.1. The summed E-state index contributed by atoms with van der Waals surface area (Å²) in [6.45, 7) is 7.26. The largest absolute Gasteiger partial charge is 0.352 e. The average molecular weight is 387 g/mol. The molecule has 1 aliphatic rings. The molecule has 5 nitrogen and oxygen atoms in total. The van der Waals surface area contributed by atoms with Crippen LogP contribution in [0, 0.1) is 6.92 Å². The molecule has 1 fully saturated rings. The van der Waals surface area contributed by atoms with E-state index in [4.69, 9.17) is 4.98 Å². The van der Waals surface area contributed by atoms with Crippen LogP contribution in [-0.4, -0.2) is 47.0 Å². The van der Waals surface area contributed by atoms with Gasteiger partial charge in [-0.2, -0.15) is 0 Å². The molecule has 1 amide bonds. The Bertz CT molecular complexity index is 911. The van der Waals surface area contributed by atoms with Crippen LogP contribution in [0.1, 0.15) is 22.5 Å². The first-order valence-corrected chi connectivity index (χ1v) is 10.7. The lowest BCUT2D eigenvalue weighted by Crippen LogP contribution is -2.49. The Labute approximate surface area is 161 Å². The number of amides is 1. The number of aryl methyl sites for hydroxylation is 2. The molecule has 26 heavy (non-hydrogen) atoms. The summed E-state index contributed by atoms with van der Waals surface area (Å²) in [5, 5.41) is 3.17. The number of piperazine rings is 1. The molecule has 3 aromatic heterocycles. The first-order chi connectivity index (χ1) is 12.6. The van der Waals surface area contributed by atoms with Crippen molar-refractivity contribution in [3.05, 3.63) is 39.2 Å². The van der Waals surface area contributed by atoms with E-state index in [1.807, 2.05) is 29.3 Å². The number of hydrogen-bond donors (Lipinski definition) is 0. The van der Waals surface area contributed by atoms with Crippen LogP contribution in [0.15, 0.2) is 23.6 Å². The van der Waals surface area contributed by atoms with Crippen molar-refractivity contribution in [3.63, 3.8) is 0 Å². The molecule has 0 N–H and O–H groups in total. The average Bonchev–Trinajstić information content (AvgIpc) is 3.30. The van der Waals surface area contributed by atoms with Crippen molar-refractivity contribution in [1.29, 1.82) is 0 Å². The summed E-state index contributed by atoms with van der Waals surface area (Å²) in [4.78, 5) is 29.7. The van der Waals surface area contributed by atoms with Gasteiger partial charge in [0.05, 0.1) is 11.8 Å². The lowest BCUT2D eigenvalue weighted by Gasteiger charge is -2.35. The predicted molar refractivity (Wildman–Crippen MR) is 108 cm³/mol. The lowest BCUT2D eigenvalue weighted by atomic mass is 10.2. The summed E-state index contributed by atoms with van der Waals surface area (Å²) in [5.41, 5.74) is 0. The van der Waals surface area contributed by atoms with Crippen molar-refractivity contribution in [2.75, 3.05) is 31.1 Å². The highest BCUT2D eigenvalue weighted by Gasteiger charge is 2.24. The van der Waals surface area contributed by atoms with Gasteiger partial charge in [0.15, 0.2) is 0 Å². The van der Waals surface area contributed by atoms with Gasteiger partial charge >= 0.3 is 0 Å². The number of carbonyl (C=O) groups is 1. The van der Waals surface area contributed by atoms with E-state index < -0.39 is 0 Å². The fourth-order valence-electron chi connectivity index (χ4n) is 3.32. The zero-order valence-corrected chi connectivity index (χ0v) is 16.7. The molecule has 3 aromatic rings. The highest BCUT2D eigenvalue weighted by Crippen LogP contribution is 2.31. The van der Waals surface area contributed by atoms with Crippen LogP contribution in [-0.2, 0) is 17.6 Å². The van der Waals surface area contributed by atoms with Gasteiger partial charge in [-0.25, -0.2) is 9.97 Å². The van der Waals surface area contributed by atoms with Crippen molar-refractivity contribution >= 4 is 44.6 Å². The van der Waals surface area contributed by atoms with Crippen LogP contribution < -0.4 is 4.90 Å². The summed E-state index contributed by atoms with van der Waals surface area (Å²) in [6, 6.07) is 6.25. The number of carbonyl (C=O) groups excluding carboxylic acids is 1. The van der Waals surface area contributed by atoms with E-state index in [-0.39, 0.29) is 5.91 Å². The van der Waals surface area contributed by atoms with Gasteiger partial charge in [0, 0.05) is 35.9 Å². The Morgan fingerprint density at radius 1 is 1.19 bits per heavy atom. The maximum Gasteiger partial charge on any atom is 0.227 e. The van der Waals surface area contributed by atoms with Crippen LogP contribution >= 0.6 is 22.7 Å². The number of hydrogen-bond acceptors (Lipinski definition) is 6. The predicted octanol–water partition coefficient (Wildman–Crippen LogP) is 3.51. The van der Waals surface area contributed by atoms with Crippen molar-refractivity contribution in [1.82, 2.24) is 14.9 Å². The topological polar surface area (TPSA) is 49.3 Å². The third-order valence-electron chi connectivity index (χ3n) is 4.72. The van der Waals surface area contributed by atoms with E-state index in [0.29, 0.717) is 6.42 Å². The molecule has 0 spiro atoms. The number of anilines is 1. The minimum Gasteiger partial charge on any atom is -0.352 e. The van der Waals surface area contributed by atoms with Crippen molar-refractivity contribution in [3.8, 4) is 0 Å². The molecule has 4 heterocycles. The Balaban J connectivity index is 1.48. The molecule has 0 bridgehead atoms. The molecule has 0 radical (unpaired) electrons. The van der Waals surface area contributed by atoms with Gasteiger partial charge in [0.1, 0.15) is 16.5 Å². The molecule has 136 valence electrons. The monoisotopic (exact) mass is 386 g/mol. The Morgan fingerprint density at radius 2 is 2.00 bits per heavy atom. The van der Waals surface area contributed by atoms with Gasteiger partial charge < -0.3 is 9.80 Å². The van der Waals surface area contributed by atoms with E-state index in [1.165, 1.54) is 4.88 Å². The lowest BCUT2D eigenvalue weighted by molar-refractivity contribution is -0.130. The molecule has 0 saturated carbocycles. The Kier molecular flexibility index (Phi) is 4.91. The second kappa shape index (κ2) is 7.32. The van der Waals surface area contributed by atoms with Gasteiger partial charge in [-0.15, -0.1) is 22.7 Å². The highest BCUT2D eigenvalue weighted by molar-refractivity contribution is 7.18. The Morgan fingerprint density at radius 3 is 2.69 bits per heavy atom. The van der Waals surface area contributed by atoms with Crippen LogP contribution in [0.4, 0.5) is 5.82 Å². The third-order valence-corrected chi connectivity index (χ3v) is 6.77. The normalized spacial score (nSPS) is 15.0. The van der Waals surface area contributed by atoms with E-state index >= 15 is 0 Å². The molecule has 7 heteroatoms. The Hall–Kier alpha value is -1.99. The van der Waals surface area contributed by atoms with Crippen LogP contribution in [0.5, 0.6) is 0 Å². The fraction of sp³-hybridized carbons (Fsp3) is 0.421. The molecular weight excluding hydrogens is 364 g/mol. The second-order valence-corrected chi connectivity index (χ2v) is 8.65. The van der Waals surface area contributed by atoms with Gasteiger partial charge in [-0.05, 0) is 30.9 Å². The van der Waals surface area contributed by atoms with Crippen molar-refractivity contribution in [2.45, 2.75) is 26.7 Å². The minimum absolute atomic E-state index is 0.222.